The molecule has 1 N–H and O–H groups in total. The van der Waals surface area contributed by atoms with E-state index in [-0.39, 0.29) is 11.8 Å². The summed E-state index contributed by atoms with van der Waals surface area (Å²) in [7, 11) is 0. The normalized spacial score (nSPS) is 10.6. The minimum atomic E-state index is -0.293. The molecule has 0 aliphatic heterocycles. The maximum absolute atomic E-state index is 13.3. The molecule has 0 fully saturated rings. The second-order valence-corrected chi connectivity index (χ2v) is 5.64. The molecule has 3 nitrogen and oxygen atoms in total. The fourth-order valence-corrected chi connectivity index (χ4v) is 2.65. The SMILES string of the molecule is CCN(Cc1cccc(F)c1)C(=O)Nc1ccc2ccccc2c1. The van der Waals surface area contributed by atoms with Gasteiger partial charge in [0.2, 0.25) is 0 Å². The number of carbonyl (C=O) groups excluding carboxylic acids is 1. The molecule has 0 aliphatic rings. The number of fused-ring (bicyclic) bond motifs is 1. The van der Waals surface area contributed by atoms with Crippen LogP contribution in [0.2, 0.25) is 0 Å². The van der Waals surface area contributed by atoms with Gasteiger partial charge in [-0.05, 0) is 47.5 Å². The largest absolute Gasteiger partial charge is 0.322 e. The van der Waals surface area contributed by atoms with Gasteiger partial charge in [-0.3, -0.25) is 0 Å². The summed E-state index contributed by atoms with van der Waals surface area (Å²) >= 11 is 0. The second-order valence-electron chi connectivity index (χ2n) is 5.64. The minimum absolute atomic E-state index is 0.197. The fraction of sp³-hybridized carbons (Fsp3) is 0.150. The number of urea groups is 1. The van der Waals surface area contributed by atoms with Crippen molar-refractivity contribution >= 4 is 22.5 Å². The predicted octanol–water partition coefficient (Wildman–Crippen LogP) is 5.03. The summed E-state index contributed by atoms with van der Waals surface area (Å²) in [6, 6.07) is 19.9. The molecule has 0 saturated carbocycles. The number of nitrogens with zero attached hydrogens (tertiary/aromatic N) is 1. The monoisotopic (exact) mass is 322 g/mol. The Bertz CT molecular complexity index is 863. The third-order valence-corrected chi connectivity index (χ3v) is 3.93. The first kappa shape index (κ1) is 16.0. The van der Waals surface area contributed by atoms with Gasteiger partial charge in [0.05, 0.1) is 0 Å². The maximum Gasteiger partial charge on any atom is 0.322 e. The number of anilines is 1. The van der Waals surface area contributed by atoms with Crippen LogP contribution < -0.4 is 5.32 Å². The Balaban J connectivity index is 1.73. The molecule has 2 amide bonds. The third kappa shape index (κ3) is 3.71. The lowest BCUT2D eigenvalue weighted by atomic mass is 10.1. The summed E-state index contributed by atoms with van der Waals surface area (Å²) in [6.07, 6.45) is 0. The number of carbonyl (C=O) groups is 1. The molecule has 3 aromatic carbocycles. The summed E-state index contributed by atoms with van der Waals surface area (Å²) in [5.74, 6) is -0.293. The van der Waals surface area contributed by atoms with Gasteiger partial charge < -0.3 is 10.2 Å². The van der Waals surface area contributed by atoms with Crippen LogP contribution in [0.4, 0.5) is 14.9 Å². The van der Waals surface area contributed by atoms with Gasteiger partial charge in [-0.15, -0.1) is 0 Å². The number of rotatable bonds is 4. The summed E-state index contributed by atoms with van der Waals surface area (Å²) in [6.45, 7) is 2.81. The van der Waals surface area contributed by atoms with Gasteiger partial charge in [0, 0.05) is 18.8 Å². The van der Waals surface area contributed by atoms with Crippen LogP contribution in [0, 0.1) is 5.82 Å². The Morgan fingerprint density at radius 3 is 2.54 bits per heavy atom. The van der Waals surface area contributed by atoms with Gasteiger partial charge in [-0.25, -0.2) is 9.18 Å². The van der Waals surface area contributed by atoms with Crippen molar-refractivity contribution in [2.24, 2.45) is 0 Å². The molecule has 0 heterocycles. The molecular formula is C20H19FN2O. The molecule has 3 aromatic rings. The molecule has 0 aliphatic carbocycles. The van der Waals surface area contributed by atoms with Gasteiger partial charge in [0.15, 0.2) is 0 Å². The van der Waals surface area contributed by atoms with Crippen molar-refractivity contribution in [3.8, 4) is 0 Å². The van der Waals surface area contributed by atoms with E-state index in [2.05, 4.69) is 5.32 Å². The summed E-state index contributed by atoms with van der Waals surface area (Å²) in [5, 5.41) is 5.11. The van der Waals surface area contributed by atoms with Crippen molar-refractivity contribution in [2.45, 2.75) is 13.5 Å². The highest BCUT2D eigenvalue weighted by atomic mass is 19.1. The van der Waals surface area contributed by atoms with Crippen molar-refractivity contribution in [3.05, 3.63) is 78.1 Å². The zero-order valence-electron chi connectivity index (χ0n) is 13.5. The quantitative estimate of drug-likeness (QED) is 0.717. The van der Waals surface area contributed by atoms with Crippen LogP contribution in [0.1, 0.15) is 12.5 Å². The number of hydrogen-bond donors (Lipinski definition) is 1. The van der Waals surface area contributed by atoms with Gasteiger partial charge >= 0.3 is 6.03 Å². The second kappa shape index (κ2) is 7.13. The highest BCUT2D eigenvalue weighted by Gasteiger charge is 2.12. The Morgan fingerprint density at radius 2 is 1.79 bits per heavy atom. The van der Waals surface area contributed by atoms with E-state index in [0.29, 0.717) is 13.1 Å². The molecule has 4 heteroatoms. The number of nitrogens with one attached hydrogen (secondary N) is 1. The van der Waals surface area contributed by atoms with Gasteiger partial charge in [0.25, 0.3) is 0 Å². The van der Waals surface area contributed by atoms with Crippen LogP contribution in [0.5, 0.6) is 0 Å². The van der Waals surface area contributed by atoms with E-state index in [1.165, 1.54) is 12.1 Å². The van der Waals surface area contributed by atoms with Crippen molar-refractivity contribution in [2.75, 3.05) is 11.9 Å². The first-order valence-corrected chi connectivity index (χ1v) is 7.95. The number of hydrogen-bond acceptors (Lipinski definition) is 1. The van der Waals surface area contributed by atoms with E-state index < -0.39 is 0 Å². The van der Waals surface area contributed by atoms with Crippen LogP contribution in [0.25, 0.3) is 10.8 Å². The lowest BCUT2D eigenvalue weighted by molar-refractivity contribution is 0.212. The molecule has 0 spiro atoms. The molecule has 122 valence electrons. The van der Waals surface area contributed by atoms with E-state index in [9.17, 15) is 9.18 Å². The predicted molar refractivity (Wildman–Crippen MR) is 95.5 cm³/mol. The van der Waals surface area contributed by atoms with E-state index >= 15 is 0 Å². The fourth-order valence-electron chi connectivity index (χ4n) is 2.65. The average molecular weight is 322 g/mol. The summed E-state index contributed by atoms with van der Waals surface area (Å²) in [5.41, 5.74) is 1.52. The highest BCUT2D eigenvalue weighted by molar-refractivity contribution is 5.93. The Labute approximate surface area is 140 Å². The molecule has 3 rings (SSSR count). The van der Waals surface area contributed by atoms with E-state index in [0.717, 1.165) is 22.0 Å². The van der Waals surface area contributed by atoms with Crippen LogP contribution in [0.3, 0.4) is 0 Å². The van der Waals surface area contributed by atoms with Crippen molar-refractivity contribution < 1.29 is 9.18 Å². The molecule has 0 bridgehead atoms. The lowest BCUT2D eigenvalue weighted by Crippen LogP contribution is -2.34. The van der Waals surface area contributed by atoms with Crippen LogP contribution >= 0.6 is 0 Å². The lowest BCUT2D eigenvalue weighted by Gasteiger charge is -2.21. The molecule has 0 saturated heterocycles. The Hall–Kier alpha value is -2.88. The molecule has 0 atom stereocenters. The first-order valence-electron chi connectivity index (χ1n) is 7.95. The molecular weight excluding hydrogens is 303 g/mol. The topological polar surface area (TPSA) is 32.3 Å². The molecule has 0 radical (unpaired) electrons. The van der Waals surface area contributed by atoms with E-state index in [1.54, 1.807) is 11.0 Å². The average Bonchev–Trinajstić information content (AvgIpc) is 2.59. The van der Waals surface area contributed by atoms with Crippen molar-refractivity contribution in [3.63, 3.8) is 0 Å². The van der Waals surface area contributed by atoms with Gasteiger partial charge in [-0.2, -0.15) is 0 Å². The van der Waals surface area contributed by atoms with Crippen LogP contribution in [-0.4, -0.2) is 17.5 Å². The summed E-state index contributed by atoms with van der Waals surface area (Å²) < 4.78 is 13.3. The van der Waals surface area contributed by atoms with E-state index in [4.69, 9.17) is 0 Å². The van der Waals surface area contributed by atoms with Crippen LogP contribution in [0.15, 0.2) is 66.7 Å². The summed E-state index contributed by atoms with van der Waals surface area (Å²) in [4.78, 5) is 14.1. The van der Waals surface area contributed by atoms with Gasteiger partial charge in [-0.1, -0.05) is 42.5 Å². The number of halogens is 1. The zero-order chi connectivity index (χ0) is 16.9. The number of amides is 2. The standard InChI is InChI=1S/C20H19FN2O/c1-2-23(14-15-6-5-9-18(21)12-15)20(24)22-19-11-10-16-7-3-4-8-17(16)13-19/h3-13H,2,14H2,1H3,(H,22,24). The van der Waals surface area contributed by atoms with Gasteiger partial charge in [0.1, 0.15) is 5.82 Å². The number of benzene rings is 3. The third-order valence-electron chi connectivity index (χ3n) is 3.93. The molecule has 0 unspecified atom stereocenters. The van der Waals surface area contributed by atoms with E-state index in [1.807, 2.05) is 55.5 Å². The van der Waals surface area contributed by atoms with Crippen molar-refractivity contribution in [1.29, 1.82) is 0 Å². The Kier molecular flexibility index (Phi) is 4.75. The maximum atomic E-state index is 13.3. The zero-order valence-corrected chi connectivity index (χ0v) is 13.5. The minimum Gasteiger partial charge on any atom is -0.320 e. The molecule has 0 aromatic heterocycles. The first-order chi connectivity index (χ1) is 11.7. The van der Waals surface area contributed by atoms with Crippen molar-refractivity contribution in [1.82, 2.24) is 4.90 Å². The molecule has 24 heavy (non-hydrogen) atoms. The Morgan fingerprint density at radius 1 is 1.00 bits per heavy atom. The highest BCUT2D eigenvalue weighted by Crippen LogP contribution is 2.19. The van der Waals surface area contributed by atoms with Crippen LogP contribution in [-0.2, 0) is 6.54 Å². The smallest absolute Gasteiger partial charge is 0.320 e.